The SMILES string of the molecule is Cc1cc(C)c(N2CC(CN(C)C)N(c3c(C)cc(C)cc3C)C2C)c(C)c1. The van der Waals surface area contributed by atoms with Crippen molar-refractivity contribution in [2.75, 3.05) is 37.0 Å². The summed E-state index contributed by atoms with van der Waals surface area (Å²) < 4.78 is 0. The number of likely N-dealkylation sites (N-methyl/N-ethyl adjacent to an activating group) is 1. The molecule has 3 rings (SSSR count). The molecule has 1 heterocycles. The fraction of sp³-hybridized carbons (Fsp3) is 0.520. The Morgan fingerprint density at radius 2 is 1.21 bits per heavy atom. The predicted molar refractivity (Wildman–Crippen MR) is 123 cm³/mol. The zero-order valence-electron chi connectivity index (χ0n) is 19.2. The summed E-state index contributed by atoms with van der Waals surface area (Å²) in [5.74, 6) is 0. The van der Waals surface area contributed by atoms with Crippen LogP contribution in [0.5, 0.6) is 0 Å². The Morgan fingerprint density at radius 3 is 1.64 bits per heavy atom. The van der Waals surface area contributed by atoms with Gasteiger partial charge >= 0.3 is 0 Å². The minimum Gasteiger partial charge on any atom is -0.349 e. The van der Waals surface area contributed by atoms with Gasteiger partial charge in [-0.05, 0) is 84.8 Å². The van der Waals surface area contributed by atoms with E-state index in [2.05, 4.69) is 102 Å². The maximum Gasteiger partial charge on any atom is 0.0992 e. The molecule has 0 spiro atoms. The van der Waals surface area contributed by atoms with Gasteiger partial charge in [0, 0.05) is 24.5 Å². The normalized spacial score (nSPS) is 19.8. The zero-order chi connectivity index (χ0) is 20.7. The van der Waals surface area contributed by atoms with E-state index in [0.717, 1.165) is 13.1 Å². The van der Waals surface area contributed by atoms with Gasteiger partial charge in [-0.3, -0.25) is 0 Å². The van der Waals surface area contributed by atoms with Crippen LogP contribution in [0.15, 0.2) is 24.3 Å². The number of hydrogen-bond donors (Lipinski definition) is 0. The molecule has 3 heteroatoms. The Morgan fingerprint density at radius 1 is 0.786 bits per heavy atom. The molecule has 152 valence electrons. The third kappa shape index (κ3) is 3.77. The molecule has 0 aliphatic carbocycles. The fourth-order valence-corrected chi connectivity index (χ4v) is 5.34. The van der Waals surface area contributed by atoms with Crippen molar-refractivity contribution >= 4 is 11.4 Å². The third-order valence-corrected chi connectivity index (χ3v) is 6.05. The van der Waals surface area contributed by atoms with Gasteiger partial charge in [-0.15, -0.1) is 0 Å². The molecule has 0 radical (unpaired) electrons. The van der Waals surface area contributed by atoms with E-state index in [-0.39, 0.29) is 0 Å². The van der Waals surface area contributed by atoms with E-state index in [1.807, 2.05) is 0 Å². The molecule has 28 heavy (non-hydrogen) atoms. The lowest BCUT2D eigenvalue weighted by atomic mass is 10.0. The lowest BCUT2D eigenvalue weighted by Gasteiger charge is -2.36. The lowest BCUT2D eigenvalue weighted by Crippen LogP contribution is -2.43. The van der Waals surface area contributed by atoms with E-state index in [0.29, 0.717) is 12.2 Å². The Kier molecular flexibility index (Phi) is 5.77. The molecule has 0 aromatic heterocycles. The highest BCUT2D eigenvalue weighted by Crippen LogP contribution is 2.38. The van der Waals surface area contributed by atoms with E-state index in [1.165, 1.54) is 44.8 Å². The van der Waals surface area contributed by atoms with Gasteiger partial charge in [0.05, 0.1) is 12.2 Å². The second kappa shape index (κ2) is 7.79. The summed E-state index contributed by atoms with van der Waals surface area (Å²) in [6, 6.07) is 9.76. The summed E-state index contributed by atoms with van der Waals surface area (Å²) in [6.07, 6.45) is 0.324. The van der Waals surface area contributed by atoms with Crippen LogP contribution in [0.3, 0.4) is 0 Å². The van der Waals surface area contributed by atoms with Crippen molar-refractivity contribution in [3.05, 3.63) is 57.6 Å². The minimum absolute atomic E-state index is 0.324. The van der Waals surface area contributed by atoms with Crippen LogP contribution in [0.2, 0.25) is 0 Å². The van der Waals surface area contributed by atoms with Crippen LogP contribution in [0.4, 0.5) is 11.4 Å². The van der Waals surface area contributed by atoms with Crippen molar-refractivity contribution in [3.63, 3.8) is 0 Å². The van der Waals surface area contributed by atoms with E-state index in [4.69, 9.17) is 0 Å². The Balaban J connectivity index is 2.10. The fourth-order valence-electron chi connectivity index (χ4n) is 5.34. The first-order chi connectivity index (χ1) is 13.1. The molecule has 2 aromatic rings. The number of nitrogens with zero attached hydrogens (tertiary/aromatic N) is 3. The van der Waals surface area contributed by atoms with Crippen LogP contribution in [0.25, 0.3) is 0 Å². The first-order valence-electron chi connectivity index (χ1n) is 10.5. The zero-order valence-corrected chi connectivity index (χ0v) is 19.2. The molecule has 1 fully saturated rings. The van der Waals surface area contributed by atoms with Gasteiger partial charge in [0.15, 0.2) is 0 Å². The number of anilines is 2. The molecule has 1 aliphatic rings. The average molecular weight is 380 g/mol. The molecular weight excluding hydrogens is 342 g/mol. The summed E-state index contributed by atoms with van der Waals surface area (Å²) in [4.78, 5) is 7.61. The Hall–Kier alpha value is -2.00. The third-order valence-electron chi connectivity index (χ3n) is 6.05. The van der Waals surface area contributed by atoms with Gasteiger partial charge in [-0.25, -0.2) is 0 Å². The molecule has 2 unspecified atom stereocenters. The lowest BCUT2D eigenvalue weighted by molar-refractivity contribution is 0.377. The summed E-state index contributed by atoms with van der Waals surface area (Å²) >= 11 is 0. The van der Waals surface area contributed by atoms with Crippen molar-refractivity contribution in [1.82, 2.24) is 4.90 Å². The molecule has 3 nitrogen and oxygen atoms in total. The van der Waals surface area contributed by atoms with Gasteiger partial charge in [0.25, 0.3) is 0 Å². The second-order valence-corrected chi connectivity index (χ2v) is 9.10. The maximum absolute atomic E-state index is 2.67. The van der Waals surface area contributed by atoms with Gasteiger partial charge in [-0.1, -0.05) is 35.4 Å². The Bertz CT molecular complexity index is 822. The molecule has 0 saturated carbocycles. The monoisotopic (exact) mass is 379 g/mol. The standard InChI is InChI=1S/C25H37N3/c1-16-10-18(3)24(19(4)11-16)27-15-23(14-26(8)9)28(22(27)7)25-20(5)12-17(2)13-21(25)6/h10-13,22-23H,14-15H2,1-9H3. The maximum atomic E-state index is 2.67. The van der Waals surface area contributed by atoms with Crippen molar-refractivity contribution < 1.29 is 0 Å². The number of benzene rings is 2. The van der Waals surface area contributed by atoms with Gasteiger partial charge in [0.2, 0.25) is 0 Å². The highest BCUT2D eigenvalue weighted by Gasteiger charge is 2.39. The topological polar surface area (TPSA) is 9.72 Å². The highest BCUT2D eigenvalue weighted by atomic mass is 15.4. The van der Waals surface area contributed by atoms with Crippen molar-refractivity contribution in [1.29, 1.82) is 0 Å². The van der Waals surface area contributed by atoms with Crippen LogP contribution < -0.4 is 9.80 Å². The van der Waals surface area contributed by atoms with Crippen molar-refractivity contribution in [2.45, 2.75) is 60.7 Å². The van der Waals surface area contributed by atoms with Gasteiger partial charge < -0.3 is 14.7 Å². The first-order valence-corrected chi connectivity index (χ1v) is 10.5. The van der Waals surface area contributed by atoms with E-state index in [9.17, 15) is 0 Å². The summed E-state index contributed by atoms with van der Waals surface area (Å²) in [5.41, 5.74) is 11.0. The molecule has 0 amide bonds. The molecule has 2 atom stereocenters. The molecule has 2 aromatic carbocycles. The summed E-state index contributed by atoms with van der Waals surface area (Å²) in [5, 5.41) is 0. The smallest absolute Gasteiger partial charge is 0.0992 e. The van der Waals surface area contributed by atoms with Crippen molar-refractivity contribution in [3.8, 4) is 0 Å². The molecule has 1 aliphatic heterocycles. The van der Waals surface area contributed by atoms with E-state index in [1.54, 1.807) is 0 Å². The largest absolute Gasteiger partial charge is 0.349 e. The van der Waals surface area contributed by atoms with Crippen LogP contribution in [-0.4, -0.2) is 44.3 Å². The summed E-state index contributed by atoms with van der Waals surface area (Å²) in [6.45, 7) is 17.9. The molecular formula is C25H37N3. The predicted octanol–water partition coefficient (Wildman–Crippen LogP) is 5.14. The van der Waals surface area contributed by atoms with E-state index >= 15 is 0 Å². The van der Waals surface area contributed by atoms with Crippen LogP contribution in [0.1, 0.15) is 40.3 Å². The number of rotatable bonds is 4. The second-order valence-electron chi connectivity index (χ2n) is 9.10. The molecule has 0 N–H and O–H groups in total. The molecule has 0 bridgehead atoms. The Labute approximate surface area is 172 Å². The van der Waals surface area contributed by atoms with Crippen LogP contribution >= 0.6 is 0 Å². The van der Waals surface area contributed by atoms with Gasteiger partial charge in [0.1, 0.15) is 0 Å². The van der Waals surface area contributed by atoms with E-state index < -0.39 is 0 Å². The van der Waals surface area contributed by atoms with Crippen molar-refractivity contribution in [2.24, 2.45) is 0 Å². The number of hydrogen-bond acceptors (Lipinski definition) is 3. The molecule has 1 saturated heterocycles. The quantitative estimate of drug-likeness (QED) is 0.728. The minimum atomic E-state index is 0.324. The number of aryl methyl sites for hydroxylation is 6. The summed E-state index contributed by atoms with van der Waals surface area (Å²) in [7, 11) is 4.37. The average Bonchev–Trinajstić information content (AvgIpc) is 2.82. The first kappa shape index (κ1) is 20.7. The van der Waals surface area contributed by atoms with Crippen LogP contribution in [-0.2, 0) is 0 Å². The highest BCUT2D eigenvalue weighted by molar-refractivity contribution is 5.68. The van der Waals surface area contributed by atoms with Gasteiger partial charge in [-0.2, -0.15) is 0 Å². The van der Waals surface area contributed by atoms with Crippen LogP contribution in [0, 0.1) is 41.5 Å².